The topological polar surface area (TPSA) is 49.4 Å². The van der Waals surface area contributed by atoms with Crippen molar-refractivity contribution >= 4 is 11.8 Å². The molecule has 4 heteroatoms. The summed E-state index contributed by atoms with van der Waals surface area (Å²) in [5.74, 6) is 3.06. The van der Waals surface area contributed by atoms with Crippen LogP contribution >= 0.6 is 0 Å². The number of nitrogens with one attached hydrogen (secondary N) is 1. The zero-order valence-electron chi connectivity index (χ0n) is 13.6. The second-order valence-corrected chi connectivity index (χ2v) is 8.58. The normalized spacial score (nSPS) is 43.9. The first-order valence-corrected chi connectivity index (χ1v) is 9.09. The second kappa shape index (κ2) is 5.24. The van der Waals surface area contributed by atoms with Gasteiger partial charge >= 0.3 is 0 Å². The van der Waals surface area contributed by atoms with Crippen molar-refractivity contribution in [1.82, 2.24) is 10.2 Å². The number of carbonyl (C=O) groups excluding carboxylic acids is 2. The van der Waals surface area contributed by atoms with E-state index in [1.807, 2.05) is 4.90 Å². The maximum atomic E-state index is 12.9. The quantitative estimate of drug-likeness (QED) is 0.851. The summed E-state index contributed by atoms with van der Waals surface area (Å²) in [5.41, 5.74) is 0.301. The summed E-state index contributed by atoms with van der Waals surface area (Å²) in [4.78, 5) is 26.5. The van der Waals surface area contributed by atoms with E-state index in [-0.39, 0.29) is 11.9 Å². The van der Waals surface area contributed by atoms with Crippen LogP contribution in [0.1, 0.15) is 58.3 Å². The van der Waals surface area contributed by atoms with Crippen LogP contribution in [0.25, 0.3) is 0 Å². The lowest BCUT2D eigenvalue weighted by atomic mass is 9.49. The van der Waals surface area contributed by atoms with Crippen molar-refractivity contribution in [3.8, 4) is 0 Å². The van der Waals surface area contributed by atoms with Crippen LogP contribution in [0, 0.1) is 23.2 Å². The summed E-state index contributed by atoms with van der Waals surface area (Å²) < 4.78 is 0. The van der Waals surface area contributed by atoms with Crippen molar-refractivity contribution in [1.29, 1.82) is 0 Å². The van der Waals surface area contributed by atoms with E-state index in [2.05, 4.69) is 12.2 Å². The molecule has 22 heavy (non-hydrogen) atoms. The first-order valence-electron chi connectivity index (χ1n) is 9.09. The fraction of sp³-hybridized carbons (Fsp3) is 0.889. The van der Waals surface area contributed by atoms with Gasteiger partial charge in [-0.25, -0.2) is 0 Å². The summed E-state index contributed by atoms with van der Waals surface area (Å²) in [5, 5.41) is 2.91. The molecule has 1 atom stereocenters. The SMILES string of the molecule is C[C@@H]1CNC(=O)CCN1C(=O)CC12CC3CC(CC(C3)C1)C2. The molecule has 5 rings (SSSR count). The van der Waals surface area contributed by atoms with E-state index in [1.54, 1.807) is 0 Å². The Hall–Kier alpha value is -1.06. The summed E-state index contributed by atoms with van der Waals surface area (Å²) in [6.07, 6.45) is 9.30. The van der Waals surface area contributed by atoms with Gasteiger partial charge in [0.1, 0.15) is 0 Å². The van der Waals surface area contributed by atoms with Crippen molar-refractivity contribution in [2.75, 3.05) is 13.1 Å². The molecule has 1 saturated heterocycles. The minimum absolute atomic E-state index is 0.0805. The molecule has 1 heterocycles. The van der Waals surface area contributed by atoms with Gasteiger partial charge in [-0.2, -0.15) is 0 Å². The van der Waals surface area contributed by atoms with Crippen LogP contribution in [0.3, 0.4) is 0 Å². The molecule has 5 fully saturated rings. The Morgan fingerprint density at radius 1 is 1.18 bits per heavy atom. The minimum Gasteiger partial charge on any atom is -0.354 e. The fourth-order valence-electron chi connectivity index (χ4n) is 6.20. The van der Waals surface area contributed by atoms with E-state index < -0.39 is 0 Å². The van der Waals surface area contributed by atoms with Gasteiger partial charge in [0.25, 0.3) is 0 Å². The summed E-state index contributed by atoms with van der Waals surface area (Å²) >= 11 is 0. The molecule has 1 aliphatic heterocycles. The summed E-state index contributed by atoms with van der Waals surface area (Å²) in [6.45, 7) is 3.26. The number of carbonyl (C=O) groups is 2. The van der Waals surface area contributed by atoms with Crippen LogP contribution < -0.4 is 5.32 Å². The second-order valence-electron chi connectivity index (χ2n) is 8.58. The lowest BCUT2D eigenvalue weighted by Gasteiger charge is -2.57. The predicted molar refractivity (Wildman–Crippen MR) is 84.0 cm³/mol. The maximum absolute atomic E-state index is 12.9. The molecule has 0 aromatic heterocycles. The molecule has 0 aromatic carbocycles. The Morgan fingerprint density at radius 2 is 1.77 bits per heavy atom. The Kier molecular flexibility index (Phi) is 3.46. The fourth-order valence-corrected chi connectivity index (χ4v) is 6.20. The zero-order chi connectivity index (χ0) is 15.3. The van der Waals surface area contributed by atoms with E-state index in [4.69, 9.17) is 0 Å². The molecule has 5 aliphatic rings. The number of amides is 2. The Morgan fingerprint density at radius 3 is 2.36 bits per heavy atom. The van der Waals surface area contributed by atoms with Crippen LogP contribution in [-0.4, -0.2) is 35.8 Å². The molecule has 4 nitrogen and oxygen atoms in total. The molecule has 0 radical (unpaired) electrons. The third-order valence-electron chi connectivity index (χ3n) is 6.72. The third-order valence-corrected chi connectivity index (χ3v) is 6.72. The molecule has 0 spiro atoms. The molecule has 122 valence electrons. The molecule has 4 bridgehead atoms. The lowest BCUT2D eigenvalue weighted by molar-refractivity contribution is -0.141. The van der Waals surface area contributed by atoms with Gasteiger partial charge in [-0.15, -0.1) is 0 Å². The zero-order valence-corrected chi connectivity index (χ0v) is 13.6. The first kappa shape index (κ1) is 14.5. The molecule has 4 aliphatic carbocycles. The smallest absolute Gasteiger partial charge is 0.223 e. The van der Waals surface area contributed by atoms with Gasteiger partial charge in [0.2, 0.25) is 11.8 Å². The highest BCUT2D eigenvalue weighted by molar-refractivity contribution is 5.81. The minimum atomic E-state index is 0.0805. The molecular formula is C18H28N2O2. The van der Waals surface area contributed by atoms with Crippen molar-refractivity contribution in [2.45, 2.75) is 64.3 Å². The van der Waals surface area contributed by atoms with Crippen LogP contribution in [-0.2, 0) is 9.59 Å². The first-order chi connectivity index (χ1) is 10.5. The molecular weight excluding hydrogens is 276 g/mol. The number of hydrogen-bond donors (Lipinski definition) is 1. The van der Waals surface area contributed by atoms with Gasteiger partial charge in [0, 0.05) is 32.0 Å². The van der Waals surface area contributed by atoms with E-state index in [9.17, 15) is 9.59 Å². The highest BCUT2D eigenvalue weighted by Crippen LogP contribution is 2.61. The van der Waals surface area contributed by atoms with Crippen LogP contribution in [0.2, 0.25) is 0 Å². The van der Waals surface area contributed by atoms with Crippen LogP contribution in [0.5, 0.6) is 0 Å². The van der Waals surface area contributed by atoms with Gasteiger partial charge < -0.3 is 10.2 Å². The molecule has 2 amide bonds. The standard InChI is InChI=1S/C18H28N2O2/c1-12-11-19-16(21)2-3-20(12)17(22)10-18-7-13-4-14(8-18)6-15(5-13)9-18/h12-15H,2-11H2,1H3,(H,19,21)/t12-,13?,14?,15?,18?/m1/s1. The van der Waals surface area contributed by atoms with Crippen LogP contribution in [0.15, 0.2) is 0 Å². The van der Waals surface area contributed by atoms with Gasteiger partial charge in [-0.05, 0) is 68.6 Å². The van der Waals surface area contributed by atoms with E-state index in [0.717, 1.165) is 24.2 Å². The van der Waals surface area contributed by atoms with Crippen molar-refractivity contribution < 1.29 is 9.59 Å². The Balaban J connectivity index is 1.46. The van der Waals surface area contributed by atoms with Gasteiger partial charge in [-0.1, -0.05) is 0 Å². The average Bonchev–Trinajstić information content (AvgIpc) is 2.59. The molecule has 0 unspecified atom stereocenters. The van der Waals surface area contributed by atoms with Gasteiger partial charge in [-0.3, -0.25) is 9.59 Å². The van der Waals surface area contributed by atoms with Gasteiger partial charge in [0.05, 0.1) is 0 Å². The maximum Gasteiger partial charge on any atom is 0.223 e. The summed E-state index contributed by atoms with van der Waals surface area (Å²) in [6, 6.07) is 0.132. The molecule has 0 aromatic rings. The Bertz CT molecular complexity index is 452. The third kappa shape index (κ3) is 2.55. The molecule has 1 N–H and O–H groups in total. The highest BCUT2D eigenvalue weighted by Gasteiger charge is 2.51. The summed E-state index contributed by atoms with van der Waals surface area (Å²) in [7, 11) is 0. The van der Waals surface area contributed by atoms with Crippen molar-refractivity contribution in [3.05, 3.63) is 0 Å². The lowest BCUT2D eigenvalue weighted by Crippen LogP contribution is -2.50. The number of rotatable bonds is 2. The average molecular weight is 304 g/mol. The van der Waals surface area contributed by atoms with E-state index in [0.29, 0.717) is 30.8 Å². The predicted octanol–water partition coefficient (Wildman–Crippen LogP) is 2.33. The monoisotopic (exact) mass is 304 g/mol. The van der Waals surface area contributed by atoms with E-state index >= 15 is 0 Å². The molecule has 4 saturated carbocycles. The van der Waals surface area contributed by atoms with Crippen molar-refractivity contribution in [3.63, 3.8) is 0 Å². The van der Waals surface area contributed by atoms with Crippen molar-refractivity contribution in [2.24, 2.45) is 23.2 Å². The largest absolute Gasteiger partial charge is 0.354 e. The van der Waals surface area contributed by atoms with Crippen LogP contribution in [0.4, 0.5) is 0 Å². The number of nitrogens with zero attached hydrogens (tertiary/aromatic N) is 1. The number of hydrogen-bond acceptors (Lipinski definition) is 2. The van der Waals surface area contributed by atoms with Gasteiger partial charge in [0.15, 0.2) is 0 Å². The highest BCUT2D eigenvalue weighted by atomic mass is 16.2. The van der Waals surface area contributed by atoms with E-state index in [1.165, 1.54) is 38.5 Å². The Labute approximate surface area is 133 Å².